The van der Waals surface area contributed by atoms with Crippen LogP contribution in [-0.4, -0.2) is 31.4 Å². The van der Waals surface area contributed by atoms with Crippen LogP contribution in [0.1, 0.15) is 29.6 Å². The van der Waals surface area contributed by atoms with Crippen LogP contribution in [0.2, 0.25) is 0 Å². The van der Waals surface area contributed by atoms with Crippen LogP contribution in [0.4, 0.5) is 5.69 Å². The van der Waals surface area contributed by atoms with Crippen LogP contribution in [-0.2, 0) is 4.79 Å². The molecular formula is C17H21N3O2. The second-order valence-electron chi connectivity index (χ2n) is 5.84. The monoisotopic (exact) mass is 299 g/mol. The first kappa shape index (κ1) is 14.8. The van der Waals surface area contributed by atoms with Crippen LogP contribution in [0.15, 0.2) is 35.9 Å². The average Bonchev–Trinajstić information content (AvgIpc) is 3.39. The topological polar surface area (TPSA) is 70.2 Å². The number of hydrogen-bond donors (Lipinski definition) is 3. The summed E-state index contributed by atoms with van der Waals surface area (Å²) in [5, 5.41) is 9.05. The maximum absolute atomic E-state index is 12.2. The summed E-state index contributed by atoms with van der Waals surface area (Å²) in [6, 6.07) is 7.10. The van der Waals surface area contributed by atoms with E-state index < -0.39 is 0 Å². The number of amides is 2. The molecule has 1 aromatic carbocycles. The normalized spacial score (nSPS) is 17.5. The van der Waals surface area contributed by atoms with Crippen LogP contribution in [0.25, 0.3) is 0 Å². The molecule has 3 rings (SSSR count). The molecule has 0 saturated heterocycles. The number of nitrogens with one attached hydrogen (secondary N) is 3. The fraction of sp³-hybridized carbons (Fsp3) is 0.412. The molecule has 0 atom stereocenters. The molecule has 3 N–H and O–H groups in total. The molecule has 5 nitrogen and oxygen atoms in total. The molecule has 1 aliphatic carbocycles. The van der Waals surface area contributed by atoms with E-state index in [2.05, 4.69) is 22.0 Å². The van der Waals surface area contributed by atoms with Crippen LogP contribution >= 0.6 is 0 Å². The van der Waals surface area contributed by atoms with Gasteiger partial charge in [-0.3, -0.25) is 9.59 Å². The third kappa shape index (κ3) is 3.95. The molecule has 0 bridgehead atoms. The molecule has 116 valence electrons. The van der Waals surface area contributed by atoms with Gasteiger partial charge in [-0.25, -0.2) is 0 Å². The first-order chi connectivity index (χ1) is 10.7. The molecule has 2 amide bonds. The lowest BCUT2D eigenvalue weighted by molar-refractivity contribution is -0.117. The van der Waals surface area contributed by atoms with Crippen molar-refractivity contribution in [3.8, 4) is 0 Å². The van der Waals surface area contributed by atoms with Crippen LogP contribution in [0.3, 0.4) is 0 Å². The molecule has 2 aliphatic rings. The Hall–Kier alpha value is -2.14. The fourth-order valence-corrected chi connectivity index (χ4v) is 2.45. The van der Waals surface area contributed by atoms with E-state index in [4.69, 9.17) is 0 Å². The summed E-state index contributed by atoms with van der Waals surface area (Å²) in [5.74, 6) is 0.101. The Labute approximate surface area is 130 Å². The zero-order chi connectivity index (χ0) is 15.4. The van der Waals surface area contributed by atoms with E-state index in [1.54, 1.807) is 18.2 Å². The van der Waals surface area contributed by atoms with Gasteiger partial charge in [-0.05, 0) is 44.0 Å². The lowest BCUT2D eigenvalue weighted by atomic mass is 10.1. The van der Waals surface area contributed by atoms with Crippen molar-refractivity contribution in [1.29, 1.82) is 0 Å². The van der Waals surface area contributed by atoms with Crippen LogP contribution < -0.4 is 16.0 Å². The van der Waals surface area contributed by atoms with Gasteiger partial charge in [-0.15, -0.1) is 0 Å². The number of benzene rings is 1. The zero-order valence-electron chi connectivity index (χ0n) is 12.5. The smallest absolute Gasteiger partial charge is 0.251 e. The average molecular weight is 299 g/mol. The van der Waals surface area contributed by atoms with Gasteiger partial charge >= 0.3 is 0 Å². The van der Waals surface area contributed by atoms with Crippen molar-refractivity contribution in [3.05, 3.63) is 41.5 Å². The molecular weight excluding hydrogens is 278 g/mol. The van der Waals surface area contributed by atoms with Gasteiger partial charge < -0.3 is 16.0 Å². The second-order valence-corrected chi connectivity index (χ2v) is 5.84. The first-order valence-electron chi connectivity index (χ1n) is 7.80. The van der Waals surface area contributed by atoms with Gasteiger partial charge in [-0.2, -0.15) is 0 Å². The first-order valence-corrected chi connectivity index (χ1v) is 7.80. The summed E-state index contributed by atoms with van der Waals surface area (Å²) in [5.41, 5.74) is 2.51. The lowest BCUT2D eigenvalue weighted by Gasteiger charge is -2.14. The Morgan fingerprint density at radius 3 is 2.86 bits per heavy atom. The summed E-state index contributed by atoms with van der Waals surface area (Å²) < 4.78 is 0. The summed E-state index contributed by atoms with van der Waals surface area (Å²) in [6.07, 6.45) is 5.03. The van der Waals surface area contributed by atoms with Crippen molar-refractivity contribution >= 4 is 17.5 Å². The molecule has 0 aromatic heterocycles. The third-order valence-electron chi connectivity index (χ3n) is 3.97. The van der Waals surface area contributed by atoms with E-state index in [0.717, 1.165) is 32.4 Å². The minimum atomic E-state index is -0.109. The number of hydrogen-bond acceptors (Lipinski definition) is 3. The summed E-state index contributed by atoms with van der Waals surface area (Å²) in [4.78, 5) is 24.0. The fourth-order valence-electron chi connectivity index (χ4n) is 2.45. The number of rotatable bonds is 5. The summed E-state index contributed by atoms with van der Waals surface area (Å²) >= 11 is 0. The molecule has 1 saturated carbocycles. The molecule has 0 spiro atoms. The van der Waals surface area contributed by atoms with Gasteiger partial charge in [0.25, 0.3) is 5.91 Å². The van der Waals surface area contributed by atoms with Gasteiger partial charge in [0, 0.05) is 30.3 Å². The van der Waals surface area contributed by atoms with Gasteiger partial charge in [0.15, 0.2) is 0 Å². The van der Waals surface area contributed by atoms with Gasteiger partial charge in [0.05, 0.1) is 0 Å². The Bertz CT molecular complexity index is 606. The van der Waals surface area contributed by atoms with Crippen LogP contribution in [0, 0.1) is 5.92 Å². The van der Waals surface area contributed by atoms with E-state index in [9.17, 15) is 9.59 Å². The standard InChI is InChI=1S/C17H21N3O2/c21-16(19-11-12-6-8-18-9-7-12)14-2-1-3-15(10-14)20-17(22)13-4-5-13/h1-3,6,10,13,18H,4-5,7-9,11H2,(H,19,21)(H,20,22). The molecule has 5 heteroatoms. The summed E-state index contributed by atoms with van der Waals surface area (Å²) in [6.45, 7) is 2.41. The molecule has 1 aliphatic heterocycles. The number of anilines is 1. The van der Waals surface area contributed by atoms with E-state index in [1.807, 2.05) is 6.07 Å². The van der Waals surface area contributed by atoms with Crippen molar-refractivity contribution in [2.45, 2.75) is 19.3 Å². The SMILES string of the molecule is O=C(NCC1=CCNCC1)c1cccc(NC(=O)C2CC2)c1. The van der Waals surface area contributed by atoms with Crippen molar-refractivity contribution in [1.82, 2.24) is 10.6 Å². The van der Waals surface area contributed by atoms with Gasteiger partial charge in [0.1, 0.15) is 0 Å². The Morgan fingerprint density at radius 1 is 1.27 bits per heavy atom. The lowest BCUT2D eigenvalue weighted by Crippen LogP contribution is -2.29. The maximum Gasteiger partial charge on any atom is 0.251 e. The Kier molecular flexibility index (Phi) is 4.53. The predicted molar refractivity (Wildman–Crippen MR) is 85.7 cm³/mol. The molecule has 22 heavy (non-hydrogen) atoms. The highest BCUT2D eigenvalue weighted by molar-refractivity contribution is 5.98. The van der Waals surface area contributed by atoms with Crippen molar-refractivity contribution in [2.75, 3.05) is 25.0 Å². The molecule has 1 heterocycles. The van der Waals surface area contributed by atoms with E-state index in [0.29, 0.717) is 17.8 Å². The Morgan fingerprint density at radius 2 is 2.14 bits per heavy atom. The van der Waals surface area contributed by atoms with Gasteiger partial charge in [0.2, 0.25) is 5.91 Å². The third-order valence-corrected chi connectivity index (χ3v) is 3.97. The molecule has 0 unspecified atom stereocenters. The molecule has 0 radical (unpaired) electrons. The number of carbonyl (C=O) groups is 2. The minimum Gasteiger partial charge on any atom is -0.348 e. The Balaban J connectivity index is 1.57. The molecule has 1 fully saturated rings. The minimum absolute atomic E-state index is 0.0532. The van der Waals surface area contributed by atoms with Gasteiger partial charge in [-0.1, -0.05) is 17.7 Å². The predicted octanol–water partition coefficient (Wildman–Crippen LogP) is 1.68. The maximum atomic E-state index is 12.2. The quantitative estimate of drug-likeness (QED) is 0.725. The molecule has 1 aromatic rings. The van der Waals surface area contributed by atoms with Crippen molar-refractivity contribution in [2.24, 2.45) is 5.92 Å². The number of carbonyl (C=O) groups excluding carboxylic acids is 2. The van der Waals surface area contributed by atoms with Crippen LogP contribution in [0.5, 0.6) is 0 Å². The van der Waals surface area contributed by atoms with E-state index >= 15 is 0 Å². The van der Waals surface area contributed by atoms with Crippen molar-refractivity contribution in [3.63, 3.8) is 0 Å². The summed E-state index contributed by atoms with van der Waals surface area (Å²) in [7, 11) is 0. The second kappa shape index (κ2) is 6.75. The zero-order valence-corrected chi connectivity index (χ0v) is 12.5. The largest absolute Gasteiger partial charge is 0.348 e. The highest BCUT2D eigenvalue weighted by Crippen LogP contribution is 2.30. The van der Waals surface area contributed by atoms with E-state index in [-0.39, 0.29) is 17.7 Å². The van der Waals surface area contributed by atoms with Crippen molar-refractivity contribution < 1.29 is 9.59 Å². The highest BCUT2D eigenvalue weighted by atomic mass is 16.2. The highest BCUT2D eigenvalue weighted by Gasteiger charge is 2.29. The van der Waals surface area contributed by atoms with E-state index in [1.165, 1.54) is 5.57 Å².